The lowest BCUT2D eigenvalue weighted by Gasteiger charge is -2.43. The first-order valence-corrected chi connectivity index (χ1v) is 20.1. The molecular formula is C43H54N2O4Si. The third-order valence-electron chi connectivity index (χ3n) is 9.89. The van der Waals surface area contributed by atoms with Crippen molar-refractivity contribution in [3.63, 3.8) is 0 Å². The molecule has 5 rings (SSSR count). The molecule has 4 aromatic carbocycles. The van der Waals surface area contributed by atoms with Gasteiger partial charge in [-0.25, -0.2) is 4.79 Å². The second-order valence-electron chi connectivity index (χ2n) is 14.8. The summed E-state index contributed by atoms with van der Waals surface area (Å²) >= 11 is 0. The number of benzene rings is 4. The SMILES string of the molecule is CCN(CCCCO[Si](c1ccccc1)(c1ccccc1)C(C)(C)C)C(=O)[C@H](CC(C)C)NC(=O)OCC1c2ccccc2-c2ccccc21. The van der Waals surface area contributed by atoms with E-state index in [1.807, 2.05) is 36.1 Å². The van der Waals surface area contributed by atoms with E-state index in [4.69, 9.17) is 9.16 Å². The lowest BCUT2D eigenvalue weighted by Crippen LogP contribution is -2.66. The number of alkyl carbamates (subject to hydrolysis) is 1. The summed E-state index contributed by atoms with van der Waals surface area (Å²) < 4.78 is 12.9. The summed E-state index contributed by atoms with van der Waals surface area (Å²) in [5.74, 6) is 0.115. The predicted octanol–water partition coefficient (Wildman–Crippen LogP) is 8.15. The van der Waals surface area contributed by atoms with Crippen molar-refractivity contribution in [2.24, 2.45) is 5.92 Å². The van der Waals surface area contributed by atoms with Gasteiger partial charge in [-0.1, -0.05) is 144 Å². The molecule has 0 saturated heterocycles. The first-order valence-electron chi connectivity index (χ1n) is 18.2. The molecule has 264 valence electrons. The van der Waals surface area contributed by atoms with Crippen LogP contribution < -0.4 is 15.7 Å². The fourth-order valence-electron chi connectivity index (χ4n) is 7.51. The Morgan fingerprint density at radius 2 is 1.30 bits per heavy atom. The van der Waals surface area contributed by atoms with Gasteiger partial charge in [0.15, 0.2) is 0 Å². The quantitative estimate of drug-likeness (QED) is 0.101. The molecule has 0 saturated carbocycles. The highest BCUT2D eigenvalue weighted by Gasteiger charge is 2.50. The van der Waals surface area contributed by atoms with Crippen molar-refractivity contribution in [3.8, 4) is 11.1 Å². The summed E-state index contributed by atoms with van der Waals surface area (Å²) in [6.07, 6.45) is 1.61. The van der Waals surface area contributed by atoms with Crippen molar-refractivity contribution < 1.29 is 18.8 Å². The topological polar surface area (TPSA) is 67.9 Å². The molecule has 2 amide bonds. The monoisotopic (exact) mass is 690 g/mol. The number of amides is 2. The molecule has 0 radical (unpaired) electrons. The first kappa shape index (κ1) is 37.1. The van der Waals surface area contributed by atoms with E-state index in [1.54, 1.807) is 0 Å². The summed E-state index contributed by atoms with van der Waals surface area (Å²) in [5.41, 5.74) is 4.68. The third kappa shape index (κ3) is 8.22. The third-order valence-corrected chi connectivity index (χ3v) is 14.9. The largest absolute Gasteiger partial charge is 0.449 e. The highest BCUT2D eigenvalue weighted by molar-refractivity contribution is 6.99. The number of hydrogen-bond acceptors (Lipinski definition) is 4. The fraction of sp³-hybridized carbons (Fsp3) is 0.395. The zero-order valence-electron chi connectivity index (χ0n) is 30.7. The van der Waals surface area contributed by atoms with Gasteiger partial charge in [0.1, 0.15) is 12.6 Å². The molecule has 1 aliphatic rings. The van der Waals surface area contributed by atoms with Gasteiger partial charge in [-0.05, 0) is 69.8 Å². The van der Waals surface area contributed by atoms with Crippen LogP contribution in [0.2, 0.25) is 5.04 Å². The van der Waals surface area contributed by atoms with Gasteiger partial charge in [0.05, 0.1) is 0 Å². The van der Waals surface area contributed by atoms with E-state index in [2.05, 4.69) is 125 Å². The molecule has 0 aromatic heterocycles. The maximum Gasteiger partial charge on any atom is 0.407 e. The fourth-order valence-corrected chi connectivity index (χ4v) is 12.1. The van der Waals surface area contributed by atoms with Crippen LogP contribution >= 0.6 is 0 Å². The Morgan fingerprint density at radius 1 is 0.780 bits per heavy atom. The van der Waals surface area contributed by atoms with Gasteiger partial charge in [-0.3, -0.25) is 4.79 Å². The summed E-state index contributed by atoms with van der Waals surface area (Å²) in [6, 6.07) is 37.3. The number of unbranched alkanes of at least 4 members (excludes halogenated alkanes) is 1. The number of carbonyl (C=O) groups excluding carboxylic acids is 2. The molecule has 50 heavy (non-hydrogen) atoms. The Labute approximate surface area is 300 Å². The van der Waals surface area contributed by atoms with Gasteiger partial charge in [-0.2, -0.15) is 0 Å². The van der Waals surface area contributed by atoms with Crippen molar-refractivity contribution in [2.75, 3.05) is 26.3 Å². The van der Waals surface area contributed by atoms with Crippen molar-refractivity contribution in [3.05, 3.63) is 120 Å². The number of nitrogens with one attached hydrogen (secondary N) is 1. The molecule has 0 spiro atoms. The zero-order valence-corrected chi connectivity index (χ0v) is 31.7. The van der Waals surface area contributed by atoms with Crippen molar-refractivity contribution >= 4 is 30.7 Å². The van der Waals surface area contributed by atoms with Crippen LogP contribution in [-0.2, 0) is 14.0 Å². The van der Waals surface area contributed by atoms with E-state index in [9.17, 15) is 9.59 Å². The van der Waals surface area contributed by atoms with Crippen LogP contribution in [0.4, 0.5) is 4.79 Å². The standard InChI is InChI=1S/C43H54N2O4Si/c1-7-45(28-18-19-29-49-50(43(4,5)6,33-20-10-8-11-21-33)34-22-12-9-13-23-34)41(46)40(30-32(2)3)44-42(47)48-31-39-37-26-16-14-24-35(37)36-25-15-17-27-38(36)39/h8-17,20-27,32,39-40H,7,18-19,28-31H2,1-6H3,(H,44,47)/t40-/m0/s1. The van der Waals surface area contributed by atoms with Gasteiger partial charge in [-0.15, -0.1) is 0 Å². The average molecular weight is 691 g/mol. The summed E-state index contributed by atoms with van der Waals surface area (Å²) in [6.45, 7) is 15.0. The number of hydrogen-bond donors (Lipinski definition) is 1. The molecule has 0 bridgehead atoms. The Kier molecular flexibility index (Phi) is 12.4. The summed E-state index contributed by atoms with van der Waals surface area (Å²) in [5, 5.41) is 5.38. The average Bonchev–Trinajstić information content (AvgIpc) is 3.43. The van der Waals surface area contributed by atoms with Crippen LogP contribution in [0.15, 0.2) is 109 Å². The van der Waals surface area contributed by atoms with Gasteiger partial charge < -0.3 is 19.4 Å². The van der Waals surface area contributed by atoms with Gasteiger partial charge in [0.2, 0.25) is 5.91 Å². The van der Waals surface area contributed by atoms with Crippen molar-refractivity contribution in [1.29, 1.82) is 0 Å². The minimum Gasteiger partial charge on any atom is -0.449 e. The Bertz CT molecular complexity index is 1620. The van der Waals surface area contributed by atoms with E-state index in [-0.39, 0.29) is 29.4 Å². The van der Waals surface area contributed by atoms with E-state index in [0.717, 1.165) is 24.0 Å². The van der Waals surface area contributed by atoms with Crippen LogP contribution in [0, 0.1) is 5.92 Å². The molecule has 1 atom stereocenters. The van der Waals surface area contributed by atoms with E-state index >= 15 is 0 Å². The molecule has 4 aromatic rings. The number of carbonyl (C=O) groups is 2. The lowest BCUT2D eigenvalue weighted by molar-refractivity contribution is -0.133. The van der Waals surface area contributed by atoms with Crippen molar-refractivity contribution in [2.45, 2.75) is 77.8 Å². The molecule has 1 aliphatic carbocycles. The molecule has 7 heteroatoms. The summed E-state index contributed by atoms with van der Waals surface area (Å²) in [7, 11) is -2.61. The normalized spacial score (nSPS) is 13.4. The van der Waals surface area contributed by atoms with Crippen LogP contribution in [0.25, 0.3) is 11.1 Å². The molecule has 6 nitrogen and oxygen atoms in total. The van der Waals surface area contributed by atoms with Crippen LogP contribution in [0.1, 0.15) is 77.8 Å². The zero-order chi connectivity index (χ0) is 35.7. The maximum atomic E-state index is 13.9. The molecule has 0 aliphatic heterocycles. The summed E-state index contributed by atoms with van der Waals surface area (Å²) in [4.78, 5) is 29.0. The minimum absolute atomic E-state index is 0.0365. The highest BCUT2D eigenvalue weighted by Crippen LogP contribution is 2.44. The van der Waals surface area contributed by atoms with Gasteiger partial charge in [0, 0.05) is 25.6 Å². The number of ether oxygens (including phenoxy) is 1. The smallest absolute Gasteiger partial charge is 0.407 e. The number of nitrogens with zero attached hydrogens (tertiary/aromatic N) is 1. The Morgan fingerprint density at radius 3 is 1.80 bits per heavy atom. The second kappa shape index (κ2) is 16.7. The van der Waals surface area contributed by atoms with Crippen LogP contribution in [0.5, 0.6) is 0 Å². The van der Waals surface area contributed by atoms with E-state index in [1.165, 1.54) is 21.5 Å². The molecule has 1 N–H and O–H groups in total. The minimum atomic E-state index is -2.61. The second-order valence-corrected chi connectivity index (χ2v) is 19.1. The molecule has 0 unspecified atom stereocenters. The number of likely N-dealkylation sites (N-methyl/N-ethyl adjacent to an activating group) is 1. The molecular weight excluding hydrogens is 637 g/mol. The molecule has 0 heterocycles. The maximum absolute atomic E-state index is 13.9. The van der Waals surface area contributed by atoms with Crippen molar-refractivity contribution in [1.82, 2.24) is 10.2 Å². The lowest BCUT2D eigenvalue weighted by atomic mass is 9.98. The number of rotatable bonds is 15. The highest BCUT2D eigenvalue weighted by atomic mass is 28.4. The van der Waals surface area contributed by atoms with E-state index < -0.39 is 20.5 Å². The predicted molar refractivity (Wildman–Crippen MR) is 207 cm³/mol. The molecule has 0 fully saturated rings. The Balaban J connectivity index is 1.19. The van der Waals surface area contributed by atoms with Crippen LogP contribution in [-0.4, -0.2) is 57.6 Å². The van der Waals surface area contributed by atoms with Gasteiger partial charge in [0.25, 0.3) is 8.32 Å². The number of fused-ring (bicyclic) bond motifs is 3. The van der Waals surface area contributed by atoms with E-state index in [0.29, 0.717) is 26.1 Å². The van der Waals surface area contributed by atoms with Gasteiger partial charge >= 0.3 is 6.09 Å². The first-order chi connectivity index (χ1) is 24.1. The Hall–Kier alpha value is -4.20. The van der Waals surface area contributed by atoms with Crippen LogP contribution in [0.3, 0.4) is 0 Å².